The zero-order valence-corrected chi connectivity index (χ0v) is 18.1. The average molecular weight is 434 g/mol. The summed E-state index contributed by atoms with van der Waals surface area (Å²) in [4.78, 5) is 20.9. The van der Waals surface area contributed by atoms with E-state index >= 15 is 0 Å². The van der Waals surface area contributed by atoms with Crippen molar-refractivity contribution in [3.63, 3.8) is 0 Å². The molecule has 5 rings (SSSR count). The van der Waals surface area contributed by atoms with Crippen molar-refractivity contribution < 1.29 is 4.74 Å². The average Bonchev–Trinajstić information content (AvgIpc) is 3.54. The highest BCUT2D eigenvalue weighted by Gasteiger charge is 2.28. The summed E-state index contributed by atoms with van der Waals surface area (Å²) in [6, 6.07) is 16.6. The topological polar surface area (TPSA) is 59.9 Å². The van der Waals surface area contributed by atoms with Gasteiger partial charge in [0.25, 0.3) is 5.56 Å². The van der Waals surface area contributed by atoms with Gasteiger partial charge in [0.2, 0.25) is 0 Å². The number of aromatic nitrogens is 3. The Morgan fingerprint density at radius 3 is 2.71 bits per heavy atom. The molecule has 31 heavy (non-hydrogen) atoms. The highest BCUT2D eigenvalue weighted by Crippen LogP contribution is 2.38. The fourth-order valence-electron chi connectivity index (χ4n) is 3.95. The van der Waals surface area contributed by atoms with Crippen molar-refractivity contribution >= 4 is 22.6 Å². The fourth-order valence-corrected chi connectivity index (χ4v) is 4.07. The van der Waals surface area contributed by atoms with Crippen LogP contribution in [-0.2, 0) is 13.0 Å². The number of hydrogen-bond donors (Lipinski definition) is 1. The van der Waals surface area contributed by atoms with Gasteiger partial charge in [-0.25, -0.2) is 4.98 Å². The summed E-state index contributed by atoms with van der Waals surface area (Å²) in [5, 5.41) is 0.685. The van der Waals surface area contributed by atoms with Crippen molar-refractivity contribution in [3.05, 3.63) is 87.6 Å². The molecule has 5 nitrogen and oxygen atoms in total. The maximum Gasteiger partial charge on any atom is 0.258 e. The van der Waals surface area contributed by atoms with Gasteiger partial charge in [-0.3, -0.25) is 9.36 Å². The molecule has 1 saturated carbocycles. The first-order chi connectivity index (χ1) is 15.0. The van der Waals surface area contributed by atoms with Crippen LogP contribution in [-0.4, -0.2) is 14.5 Å². The van der Waals surface area contributed by atoms with Gasteiger partial charge in [-0.15, -0.1) is 0 Å². The van der Waals surface area contributed by atoms with E-state index in [0.717, 1.165) is 40.4 Å². The summed E-state index contributed by atoms with van der Waals surface area (Å²) in [6.45, 7) is 2.68. The molecule has 1 fully saturated rings. The van der Waals surface area contributed by atoms with E-state index in [1.807, 2.05) is 42.5 Å². The molecule has 6 heteroatoms. The molecular weight excluding hydrogens is 410 g/mol. The van der Waals surface area contributed by atoms with Crippen LogP contribution < -0.4 is 10.3 Å². The Labute approximate surface area is 185 Å². The molecule has 0 saturated heterocycles. The molecule has 1 aliphatic rings. The second-order valence-electron chi connectivity index (χ2n) is 8.39. The Kier molecular flexibility index (Phi) is 5.28. The number of rotatable bonds is 7. The third-order valence-corrected chi connectivity index (χ3v) is 6.20. The summed E-state index contributed by atoms with van der Waals surface area (Å²) in [5.41, 5.74) is 3.52. The molecule has 0 spiro atoms. The first-order valence-corrected chi connectivity index (χ1v) is 11.0. The lowest BCUT2D eigenvalue weighted by Gasteiger charge is -2.09. The third-order valence-electron chi connectivity index (χ3n) is 5.94. The molecule has 0 radical (unpaired) electrons. The zero-order valence-electron chi connectivity index (χ0n) is 17.3. The molecule has 0 amide bonds. The van der Waals surface area contributed by atoms with Crippen LogP contribution in [0.3, 0.4) is 0 Å². The van der Waals surface area contributed by atoms with Gasteiger partial charge in [-0.2, -0.15) is 0 Å². The summed E-state index contributed by atoms with van der Waals surface area (Å²) in [6.07, 6.45) is 5.39. The minimum Gasteiger partial charge on any atom is -0.489 e. The Hall–Kier alpha value is -3.05. The number of benzene rings is 2. The molecular formula is C25H24ClN3O2. The minimum atomic E-state index is -0.143. The number of aromatic amines is 1. The number of ether oxygens (including phenoxy) is 1. The molecule has 0 aliphatic heterocycles. The van der Waals surface area contributed by atoms with Crippen molar-refractivity contribution in [2.24, 2.45) is 11.8 Å². The highest BCUT2D eigenvalue weighted by molar-refractivity contribution is 6.30. The molecule has 4 aromatic rings. The second kappa shape index (κ2) is 8.23. The van der Waals surface area contributed by atoms with Crippen LogP contribution in [0.5, 0.6) is 5.75 Å². The van der Waals surface area contributed by atoms with Crippen molar-refractivity contribution in [3.8, 4) is 11.4 Å². The summed E-state index contributed by atoms with van der Waals surface area (Å²) in [7, 11) is 0. The molecule has 1 N–H and O–H groups in total. The largest absolute Gasteiger partial charge is 0.489 e. The Morgan fingerprint density at radius 2 is 1.97 bits per heavy atom. The molecule has 0 bridgehead atoms. The lowest BCUT2D eigenvalue weighted by atomic mass is 10.0. The number of halogens is 1. The van der Waals surface area contributed by atoms with Crippen LogP contribution in [0.4, 0.5) is 0 Å². The van der Waals surface area contributed by atoms with E-state index in [-0.39, 0.29) is 5.56 Å². The maximum absolute atomic E-state index is 12.7. The molecule has 2 heterocycles. The Bertz CT molecular complexity index is 1270. The number of imidazole rings is 1. The van der Waals surface area contributed by atoms with Crippen LogP contribution in [0, 0.1) is 11.8 Å². The molecule has 1 atom stereocenters. The molecule has 158 valence electrons. The molecule has 2 aromatic carbocycles. The van der Waals surface area contributed by atoms with Crippen molar-refractivity contribution in [1.29, 1.82) is 0 Å². The first-order valence-electron chi connectivity index (χ1n) is 10.6. The number of hydrogen-bond acceptors (Lipinski definition) is 3. The van der Waals surface area contributed by atoms with Gasteiger partial charge in [0.05, 0.1) is 16.7 Å². The van der Waals surface area contributed by atoms with Gasteiger partial charge >= 0.3 is 0 Å². The number of nitrogens with one attached hydrogen (secondary N) is 1. The zero-order chi connectivity index (χ0) is 21.4. The normalized spacial score (nSPS) is 14.6. The summed E-state index contributed by atoms with van der Waals surface area (Å²) in [5.74, 6) is 3.06. The fraction of sp³-hybridized carbons (Fsp3) is 0.280. The number of nitrogens with zero attached hydrogens (tertiary/aromatic N) is 2. The predicted octanol–water partition coefficient (Wildman–Crippen LogP) is 5.53. The van der Waals surface area contributed by atoms with Crippen LogP contribution in [0.25, 0.3) is 16.7 Å². The SMILES string of the molecule is CC(Cc1nc2ccc(-n3ccc(OCc4ccc(Cl)cc4)cc3=O)cc2[nH]1)C1CC1. The van der Waals surface area contributed by atoms with Gasteiger partial charge in [-0.1, -0.05) is 30.7 Å². The summed E-state index contributed by atoms with van der Waals surface area (Å²) >= 11 is 5.91. The van der Waals surface area contributed by atoms with Crippen LogP contribution in [0.2, 0.25) is 5.02 Å². The van der Waals surface area contributed by atoms with E-state index in [2.05, 4.69) is 11.9 Å². The van der Waals surface area contributed by atoms with E-state index in [9.17, 15) is 4.79 Å². The molecule has 1 aliphatic carbocycles. The standard InChI is InChI=1S/C25H24ClN3O2/c1-16(18-4-5-18)12-24-27-22-9-8-20(13-23(22)28-24)29-11-10-21(14-25(29)30)31-15-17-2-6-19(26)7-3-17/h2-3,6-11,13-14,16,18H,4-5,12,15H2,1H3,(H,27,28). The van der Waals surface area contributed by atoms with Crippen LogP contribution in [0.15, 0.2) is 65.6 Å². The smallest absolute Gasteiger partial charge is 0.258 e. The lowest BCUT2D eigenvalue weighted by molar-refractivity contribution is 0.305. The van der Waals surface area contributed by atoms with Crippen molar-refractivity contribution in [1.82, 2.24) is 14.5 Å². The second-order valence-corrected chi connectivity index (χ2v) is 8.83. The quantitative estimate of drug-likeness (QED) is 0.416. The minimum absolute atomic E-state index is 0.143. The van der Waals surface area contributed by atoms with Crippen molar-refractivity contribution in [2.45, 2.75) is 32.8 Å². The number of fused-ring (bicyclic) bond motifs is 1. The van der Waals surface area contributed by atoms with Crippen LogP contribution >= 0.6 is 11.6 Å². The first kappa shape index (κ1) is 19.9. The Morgan fingerprint density at radius 1 is 1.16 bits per heavy atom. The Balaban J connectivity index is 1.32. The highest BCUT2D eigenvalue weighted by atomic mass is 35.5. The van der Waals surface area contributed by atoms with Gasteiger partial charge in [0.1, 0.15) is 18.2 Å². The van der Waals surface area contributed by atoms with Gasteiger partial charge in [-0.05, 0) is 66.6 Å². The monoisotopic (exact) mass is 433 g/mol. The van der Waals surface area contributed by atoms with Gasteiger partial charge in [0, 0.05) is 23.7 Å². The van der Waals surface area contributed by atoms with Crippen molar-refractivity contribution in [2.75, 3.05) is 0 Å². The maximum atomic E-state index is 12.7. The lowest BCUT2D eigenvalue weighted by Crippen LogP contribution is -2.16. The van der Waals surface area contributed by atoms with E-state index in [1.54, 1.807) is 16.8 Å². The predicted molar refractivity (Wildman–Crippen MR) is 123 cm³/mol. The molecule has 2 aromatic heterocycles. The number of pyridine rings is 1. The van der Waals surface area contributed by atoms with Gasteiger partial charge in [0.15, 0.2) is 0 Å². The number of H-pyrrole nitrogens is 1. The van der Waals surface area contributed by atoms with E-state index in [1.165, 1.54) is 18.9 Å². The third kappa shape index (κ3) is 4.52. The van der Waals surface area contributed by atoms with E-state index < -0.39 is 0 Å². The van der Waals surface area contributed by atoms with E-state index in [4.69, 9.17) is 21.3 Å². The summed E-state index contributed by atoms with van der Waals surface area (Å²) < 4.78 is 7.38. The van der Waals surface area contributed by atoms with Crippen LogP contribution in [0.1, 0.15) is 31.2 Å². The molecule has 1 unspecified atom stereocenters. The van der Waals surface area contributed by atoms with E-state index in [0.29, 0.717) is 23.3 Å². The van der Waals surface area contributed by atoms with Gasteiger partial charge < -0.3 is 9.72 Å².